The van der Waals surface area contributed by atoms with Crippen molar-refractivity contribution in [2.24, 2.45) is 5.73 Å². The largest absolute Gasteiger partial charge is 0.456 e. The van der Waals surface area contributed by atoms with E-state index in [4.69, 9.17) is 15.9 Å². The molecule has 0 aliphatic heterocycles. The minimum atomic E-state index is -0.371. The van der Waals surface area contributed by atoms with Crippen LogP contribution in [-0.2, 0) is 0 Å². The van der Waals surface area contributed by atoms with Crippen LogP contribution < -0.4 is 10.5 Å². The van der Waals surface area contributed by atoms with E-state index >= 15 is 0 Å². The van der Waals surface area contributed by atoms with Crippen molar-refractivity contribution < 1.29 is 9.13 Å². The molecular formula is C14H13FN2O. The molecule has 3 N–H and O–H groups in total. The molecule has 2 aromatic carbocycles. The summed E-state index contributed by atoms with van der Waals surface area (Å²) in [4.78, 5) is 0. The molecule has 0 atom stereocenters. The maximum Gasteiger partial charge on any atom is 0.138 e. The van der Waals surface area contributed by atoms with Crippen LogP contribution in [0.4, 0.5) is 4.39 Å². The van der Waals surface area contributed by atoms with Gasteiger partial charge in [-0.2, -0.15) is 0 Å². The minimum Gasteiger partial charge on any atom is -0.456 e. The average molecular weight is 244 g/mol. The molecule has 18 heavy (non-hydrogen) atoms. The highest BCUT2D eigenvalue weighted by Gasteiger charge is 2.08. The summed E-state index contributed by atoms with van der Waals surface area (Å²) in [5.74, 6) is 0.370. The Hall–Kier alpha value is -2.36. The highest BCUT2D eigenvalue weighted by atomic mass is 19.1. The number of hydrogen-bond donors (Lipinski definition) is 2. The molecule has 4 heteroatoms. The number of benzene rings is 2. The van der Waals surface area contributed by atoms with E-state index in [1.54, 1.807) is 24.3 Å². The van der Waals surface area contributed by atoms with Gasteiger partial charge in [0, 0.05) is 6.07 Å². The zero-order valence-corrected chi connectivity index (χ0v) is 9.91. The van der Waals surface area contributed by atoms with Crippen LogP contribution in [0.3, 0.4) is 0 Å². The number of rotatable bonds is 3. The van der Waals surface area contributed by atoms with E-state index in [1.165, 1.54) is 12.1 Å². The number of ether oxygens (including phenoxy) is 1. The predicted octanol–water partition coefficient (Wildman–Crippen LogP) is 3.21. The quantitative estimate of drug-likeness (QED) is 0.643. The molecule has 0 saturated heterocycles. The van der Waals surface area contributed by atoms with Gasteiger partial charge in [0.15, 0.2) is 0 Å². The van der Waals surface area contributed by atoms with Crippen LogP contribution in [-0.4, -0.2) is 5.84 Å². The molecule has 0 amide bonds. The fourth-order valence-corrected chi connectivity index (χ4v) is 1.60. The van der Waals surface area contributed by atoms with Crippen molar-refractivity contribution in [3.05, 3.63) is 59.4 Å². The average Bonchev–Trinajstić information content (AvgIpc) is 2.31. The fourth-order valence-electron chi connectivity index (χ4n) is 1.60. The zero-order chi connectivity index (χ0) is 13.1. The first-order valence-electron chi connectivity index (χ1n) is 5.45. The van der Waals surface area contributed by atoms with Crippen LogP contribution in [0.2, 0.25) is 0 Å². The van der Waals surface area contributed by atoms with Crippen molar-refractivity contribution >= 4 is 5.84 Å². The first-order valence-corrected chi connectivity index (χ1v) is 5.45. The lowest BCUT2D eigenvalue weighted by Crippen LogP contribution is -2.12. The number of hydrogen-bond acceptors (Lipinski definition) is 2. The molecule has 3 nitrogen and oxygen atoms in total. The van der Waals surface area contributed by atoms with Gasteiger partial charge >= 0.3 is 0 Å². The number of nitrogens with two attached hydrogens (primary N) is 1. The van der Waals surface area contributed by atoms with Crippen LogP contribution in [0, 0.1) is 18.2 Å². The number of nitrogen functional groups attached to an aromatic ring is 1. The van der Waals surface area contributed by atoms with Crippen LogP contribution in [0.15, 0.2) is 42.5 Å². The first-order chi connectivity index (χ1) is 8.56. The van der Waals surface area contributed by atoms with Crippen molar-refractivity contribution in [1.82, 2.24) is 0 Å². The molecule has 0 radical (unpaired) electrons. The van der Waals surface area contributed by atoms with Crippen molar-refractivity contribution in [2.45, 2.75) is 6.92 Å². The van der Waals surface area contributed by atoms with E-state index in [-0.39, 0.29) is 11.7 Å². The summed E-state index contributed by atoms with van der Waals surface area (Å²) in [6, 6.07) is 11.2. The molecular weight excluding hydrogens is 231 g/mol. The van der Waals surface area contributed by atoms with Gasteiger partial charge < -0.3 is 10.5 Å². The van der Waals surface area contributed by atoms with Crippen molar-refractivity contribution in [3.8, 4) is 11.5 Å². The van der Waals surface area contributed by atoms with E-state index in [2.05, 4.69) is 0 Å². The molecule has 0 saturated carbocycles. The predicted molar refractivity (Wildman–Crippen MR) is 68.7 cm³/mol. The third kappa shape index (κ3) is 2.66. The topological polar surface area (TPSA) is 59.1 Å². The summed E-state index contributed by atoms with van der Waals surface area (Å²) in [7, 11) is 0. The summed E-state index contributed by atoms with van der Waals surface area (Å²) >= 11 is 0. The monoisotopic (exact) mass is 244 g/mol. The molecule has 2 aromatic rings. The second-order valence-electron chi connectivity index (χ2n) is 3.97. The lowest BCUT2D eigenvalue weighted by atomic mass is 10.1. The second kappa shape index (κ2) is 4.87. The highest BCUT2D eigenvalue weighted by molar-refractivity contribution is 5.97. The minimum absolute atomic E-state index is 0.0786. The molecule has 0 aromatic heterocycles. The fraction of sp³-hybridized carbons (Fsp3) is 0.0714. The number of amidine groups is 1. The summed E-state index contributed by atoms with van der Waals surface area (Å²) in [5, 5.41) is 7.50. The molecule has 0 spiro atoms. The second-order valence-corrected chi connectivity index (χ2v) is 3.97. The van der Waals surface area contributed by atoms with Gasteiger partial charge in [0.1, 0.15) is 23.2 Å². The Morgan fingerprint density at radius 3 is 2.67 bits per heavy atom. The summed E-state index contributed by atoms with van der Waals surface area (Å²) in [5.41, 5.74) is 6.97. The van der Waals surface area contributed by atoms with Crippen molar-refractivity contribution in [3.63, 3.8) is 0 Å². The van der Waals surface area contributed by atoms with Crippen LogP contribution in [0.1, 0.15) is 11.1 Å². The van der Waals surface area contributed by atoms with Gasteiger partial charge in [-0.1, -0.05) is 17.7 Å². The molecule has 0 aliphatic carbocycles. The van der Waals surface area contributed by atoms with Crippen molar-refractivity contribution in [2.75, 3.05) is 0 Å². The number of aryl methyl sites for hydroxylation is 1. The SMILES string of the molecule is Cc1ccc(Oc2cccc(F)c2)c(C(=N)N)c1. The number of halogens is 1. The van der Waals surface area contributed by atoms with E-state index in [0.29, 0.717) is 17.1 Å². The Balaban J connectivity index is 2.37. The normalized spacial score (nSPS) is 10.1. The molecule has 2 rings (SSSR count). The molecule has 0 heterocycles. The Labute approximate surface area is 105 Å². The van der Waals surface area contributed by atoms with Gasteiger partial charge in [0.25, 0.3) is 0 Å². The maximum absolute atomic E-state index is 13.0. The van der Waals surface area contributed by atoms with Gasteiger partial charge in [-0.05, 0) is 31.2 Å². The van der Waals surface area contributed by atoms with E-state index in [9.17, 15) is 4.39 Å². The molecule has 0 aliphatic rings. The maximum atomic E-state index is 13.0. The Morgan fingerprint density at radius 2 is 2.00 bits per heavy atom. The summed E-state index contributed by atoms with van der Waals surface area (Å²) in [6.07, 6.45) is 0. The standard InChI is InChI=1S/C14H13FN2O/c1-9-5-6-13(12(7-9)14(16)17)18-11-4-2-3-10(15)8-11/h2-8H,1H3,(H3,16,17). The van der Waals surface area contributed by atoms with Crippen LogP contribution in [0.25, 0.3) is 0 Å². The molecule has 92 valence electrons. The van der Waals surface area contributed by atoms with Crippen LogP contribution in [0.5, 0.6) is 11.5 Å². The third-order valence-corrected chi connectivity index (χ3v) is 2.45. The highest BCUT2D eigenvalue weighted by Crippen LogP contribution is 2.26. The Bertz CT molecular complexity index is 596. The lowest BCUT2D eigenvalue weighted by Gasteiger charge is -2.11. The third-order valence-electron chi connectivity index (χ3n) is 2.45. The van der Waals surface area contributed by atoms with Gasteiger partial charge in [-0.25, -0.2) is 4.39 Å². The van der Waals surface area contributed by atoms with Gasteiger partial charge in [0.2, 0.25) is 0 Å². The van der Waals surface area contributed by atoms with Crippen molar-refractivity contribution in [1.29, 1.82) is 5.41 Å². The lowest BCUT2D eigenvalue weighted by molar-refractivity contribution is 0.475. The van der Waals surface area contributed by atoms with E-state index in [1.807, 2.05) is 13.0 Å². The van der Waals surface area contributed by atoms with E-state index in [0.717, 1.165) is 5.56 Å². The first kappa shape index (κ1) is 12.1. The molecule has 0 bridgehead atoms. The summed E-state index contributed by atoms with van der Waals surface area (Å²) in [6.45, 7) is 1.90. The van der Waals surface area contributed by atoms with Gasteiger partial charge in [0.05, 0.1) is 5.56 Å². The number of nitrogens with one attached hydrogen (secondary N) is 1. The van der Waals surface area contributed by atoms with Gasteiger partial charge in [-0.3, -0.25) is 5.41 Å². The van der Waals surface area contributed by atoms with Crippen LogP contribution >= 0.6 is 0 Å². The Kier molecular flexibility index (Phi) is 3.28. The zero-order valence-electron chi connectivity index (χ0n) is 9.91. The van der Waals surface area contributed by atoms with Gasteiger partial charge in [-0.15, -0.1) is 0 Å². The van der Waals surface area contributed by atoms with E-state index < -0.39 is 0 Å². The molecule has 0 fully saturated rings. The smallest absolute Gasteiger partial charge is 0.138 e. The molecule has 0 unspecified atom stereocenters. The summed E-state index contributed by atoms with van der Waals surface area (Å²) < 4.78 is 18.6. The Morgan fingerprint density at radius 1 is 1.22 bits per heavy atom.